The molecule has 5 heteroatoms. The number of hydrogen-bond acceptors (Lipinski definition) is 2. The van der Waals surface area contributed by atoms with Crippen LogP contribution in [0.4, 0.5) is 10.5 Å². The van der Waals surface area contributed by atoms with Gasteiger partial charge in [-0.15, -0.1) is 0 Å². The Morgan fingerprint density at radius 3 is 2.19 bits per heavy atom. The van der Waals surface area contributed by atoms with Crippen molar-refractivity contribution in [1.82, 2.24) is 5.32 Å². The van der Waals surface area contributed by atoms with E-state index in [9.17, 15) is 14.7 Å². The van der Waals surface area contributed by atoms with Crippen LogP contribution in [0.3, 0.4) is 0 Å². The largest absolute Gasteiger partial charge is 0.480 e. The van der Waals surface area contributed by atoms with Gasteiger partial charge >= 0.3 is 12.0 Å². The average molecular weight is 364 g/mol. The van der Waals surface area contributed by atoms with Gasteiger partial charge in [0.2, 0.25) is 0 Å². The third-order valence-corrected chi connectivity index (χ3v) is 5.60. The fourth-order valence-corrected chi connectivity index (χ4v) is 4.32. The first-order valence-corrected chi connectivity index (χ1v) is 9.62. The summed E-state index contributed by atoms with van der Waals surface area (Å²) in [6.45, 7) is 0. The number of benzene rings is 2. The Morgan fingerprint density at radius 2 is 1.59 bits per heavy atom. The van der Waals surface area contributed by atoms with Crippen molar-refractivity contribution in [3.63, 3.8) is 0 Å². The molecule has 0 saturated carbocycles. The Kier molecular flexibility index (Phi) is 4.84. The zero-order valence-corrected chi connectivity index (χ0v) is 15.3. The fraction of sp³-hybridized carbons (Fsp3) is 0.364. The number of carboxylic acid groups (broad SMARTS) is 1. The molecule has 0 spiro atoms. The maximum atomic E-state index is 12.6. The first kappa shape index (κ1) is 17.6. The number of anilines is 1. The molecule has 0 aliphatic heterocycles. The predicted octanol–water partition coefficient (Wildman–Crippen LogP) is 3.48. The summed E-state index contributed by atoms with van der Waals surface area (Å²) in [4.78, 5) is 24.3. The van der Waals surface area contributed by atoms with Crippen LogP contribution in [0.2, 0.25) is 0 Å². The Hall–Kier alpha value is -2.82. The molecule has 5 nitrogen and oxygen atoms in total. The van der Waals surface area contributed by atoms with Crippen molar-refractivity contribution in [2.45, 2.75) is 51.0 Å². The van der Waals surface area contributed by atoms with Crippen molar-refractivity contribution < 1.29 is 14.7 Å². The Morgan fingerprint density at radius 1 is 0.963 bits per heavy atom. The van der Waals surface area contributed by atoms with Gasteiger partial charge < -0.3 is 15.7 Å². The van der Waals surface area contributed by atoms with E-state index in [1.165, 1.54) is 22.3 Å². The predicted molar refractivity (Wildman–Crippen MR) is 104 cm³/mol. The maximum Gasteiger partial charge on any atom is 0.326 e. The molecule has 0 saturated heterocycles. The second-order valence-corrected chi connectivity index (χ2v) is 7.41. The quantitative estimate of drug-likeness (QED) is 0.760. The lowest BCUT2D eigenvalue weighted by Crippen LogP contribution is -2.44. The van der Waals surface area contributed by atoms with Crippen molar-refractivity contribution in [1.29, 1.82) is 0 Å². The van der Waals surface area contributed by atoms with E-state index >= 15 is 0 Å². The number of rotatable bonds is 5. The van der Waals surface area contributed by atoms with E-state index in [-0.39, 0.29) is 6.42 Å². The van der Waals surface area contributed by atoms with Gasteiger partial charge in [-0.05, 0) is 66.3 Å². The smallest absolute Gasteiger partial charge is 0.326 e. The zero-order valence-electron chi connectivity index (χ0n) is 15.3. The fourth-order valence-electron chi connectivity index (χ4n) is 4.32. The van der Waals surface area contributed by atoms with Crippen LogP contribution in [0.5, 0.6) is 0 Å². The molecular formula is C22H24N2O3. The van der Waals surface area contributed by atoms with Gasteiger partial charge in [0.05, 0.1) is 0 Å². The molecule has 0 unspecified atom stereocenters. The van der Waals surface area contributed by atoms with Crippen molar-refractivity contribution in [2.75, 3.05) is 5.32 Å². The van der Waals surface area contributed by atoms with Crippen LogP contribution in [0.1, 0.15) is 40.7 Å². The normalized spacial score (nSPS) is 15.7. The number of amides is 2. The van der Waals surface area contributed by atoms with Gasteiger partial charge in [0.1, 0.15) is 6.04 Å². The molecule has 0 heterocycles. The Balaban J connectivity index is 1.52. The zero-order chi connectivity index (χ0) is 18.8. The van der Waals surface area contributed by atoms with Crippen LogP contribution in [0, 0.1) is 0 Å². The molecule has 0 bridgehead atoms. The number of carbonyl (C=O) groups is 2. The molecule has 0 fully saturated rings. The third kappa shape index (κ3) is 3.68. The van der Waals surface area contributed by atoms with Gasteiger partial charge in [0.25, 0.3) is 0 Å². The molecule has 3 N–H and O–H groups in total. The topological polar surface area (TPSA) is 78.4 Å². The molecule has 2 aromatic rings. The number of carbonyl (C=O) groups excluding carboxylic acids is 1. The number of nitrogens with one attached hydrogen (secondary N) is 2. The summed E-state index contributed by atoms with van der Waals surface area (Å²) in [7, 11) is 0. The van der Waals surface area contributed by atoms with Crippen molar-refractivity contribution in [2.24, 2.45) is 0 Å². The molecule has 4 rings (SSSR count). The highest BCUT2D eigenvalue weighted by Crippen LogP contribution is 2.38. The summed E-state index contributed by atoms with van der Waals surface area (Å²) in [5, 5.41) is 15.2. The number of fused-ring (bicyclic) bond motifs is 2. The second kappa shape index (κ2) is 7.43. The molecule has 0 aromatic heterocycles. The van der Waals surface area contributed by atoms with E-state index in [4.69, 9.17) is 0 Å². The van der Waals surface area contributed by atoms with Crippen molar-refractivity contribution in [3.8, 4) is 0 Å². The molecule has 0 radical (unpaired) electrons. The van der Waals surface area contributed by atoms with Gasteiger partial charge in [-0.3, -0.25) is 0 Å². The van der Waals surface area contributed by atoms with E-state index in [1.807, 2.05) is 30.3 Å². The highest BCUT2D eigenvalue weighted by molar-refractivity contribution is 5.94. The van der Waals surface area contributed by atoms with Crippen molar-refractivity contribution in [3.05, 3.63) is 64.2 Å². The van der Waals surface area contributed by atoms with Crippen LogP contribution in [0.15, 0.2) is 36.4 Å². The summed E-state index contributed by atoms with van der Waals surface area (Å²) in [6, 6.07) is 10.3. The van der Waals surface area contributed by atoms with E-state index in [2.05, 4.69) is 16.7 Å². The molecule has 2 amide bonds. The highest BCUT2D eigenvalue weighted by atomic mass is 16.4. The van der Waals surface area contributed by atoms with Gasteiger partial charge in [-0.1, -0.05) is 36.4 Å². The summed E-state index contributed by atoms with van der Waals surface area (Å²) in [5.74, 6) is -1.03. The summed E-state index contributed by atoms with van der Waals surface area (Å²) in [5.41, 5.74) is 6.96. The molecule has 140 valence electrons. The van der Waals surface area contributed by atoms with Gasteiger partial charge in [0, 0.05) is 12.1 Å². The average Bonchev–Trinajstić information content (AvgIpc) is 3.31. The van der Waals surface area contributed by atoms with Gasteiger partial charge in [0.15, 0.2) is 0 Å². The van der Waals surface area contributed by atoms with E-state index in [0.29, 0.717) is 0 Å². The van der Waals surface area contributed by atoms with Crippen LogP contribution >= 0.6 is 0 Å². The lowest BCUT2D eigenvalue weighted by molar-refractivity contribution is -0.139. The van der Waals surface area contributed by atoms with E-state index in [1.54, 1.807) is 0 Å². The highest BCUT2D eigenvalue weighted by Gasteiger charge is 2.26. The SMILES string of the molecule is O=C(Nc1c2c(cc3c1CCC3)CCC2)N[C@H](Cc1ccccc1)C(=O)O. The molecule has 2 aliphatic carbocycles. The molecule has 1 atom stereocenters. The number of carboxylic acids is 1. The van der Waals surface area contributed by atoms with Crippen LogP contribution < -0.4 is 10.6 Å². The van der Waals surface area contributed by atoms with Crippen LogP contribution in [-0.4, -0.2) is 23.1 Å². The van der Waals surface area contributed by atoms with Crippen molar-refractivity contribution >= 4 is 17.7 Å². The monoisotopic (exact) mass is 364 g/mol. The van der Waals surface area contributed by atoms with Crippen LogP contribution in [0.25, 0.3) is 0 Å². The molecule has 27 heavy (non-hydrogen) atoms. The number of hydrogen-bond donors (Lipinski definition) is 3. The van der Waals surface area contributed by atoms with E-state index < -0.39 is 18.0 Å². The molecular weight excluding hydrogens is 340 g/mol. The minimum atomic E-state index is -1.03. The molecule has 2 aliphatic rings. The second-order valence-electron chi connectivity index (χ2n) is 7.41. The number of aryl methyl sites for hydroxylation is 2. The maximum absolute atomic E-state index is 12.6. The van der Waals surface area contributed by atoms with Crippen LogP contribution in [-0.2, 0) is 36.9 Å². The summed E-state index contributed by atoms with van der Waals surface area (Å²) >= 11 is 0. The number of urea groups is 1. The van der Waals surface area contributed by atoms with Gasteiger partial charge in [-0.25, -0.2) is 9.59 Å². The lowest BCUT2D eigenvalue weighted by Gasteiger charge is -2.19. The summed E-state index contributed by atoms with van der Waals surface area (Å²) in [6.07, 6.45) is 6.56. The first-order valence-electron chi connectivity index (χ1n) is 9.62. The van der Waals surface area contributed by atoms with Gasteiger partial charge in [-0.2, -0.15) is 0 Å². The minimum absolute atomic E-state index is 0.259. The Labute approximate surface area is 158 Å². The standard InChI is InChI=1S/C22H24N2O3/c25-21(26)19(12-14-6-2-1-3-7-14)23-22(27)24-20-17-10-4-8-15(17)13-16-9-5-11-18(16)20/h1-3,6-7,13,19H,4-5,8-12H2,(H,25,26)(H2,23,24,27)/t19-/m1/s1. The number of aliphatic carboxylic acids is 1. The first-order chi connectivity index (χ1) is 13.1. The minimum Gasteiger partial charge on any atom is -0.480 e. The summed E-state index contributed by atoms with van der Waals surface area (Å²) < 4.78 is 0. The van der Waals surface area contributed by atoms with E-state index in [0.717, 1.165) is 49.8 Å². The third-order valence-electron chi connectivity index (χ3n) is 5.60. The lowest BCUT2D eigenvalue weighted by atomic mass is 9.99. The molecule has 2 aromatic carbocycles. The Bertz CT molecular complexity index is 845.